The van der Waals surface area contributed by atoms with Gasteiger partial charge in [-0.2, -0.15) is 0 Å². The predicted molar refractivity (Wildman–Crippen MR) is 88.7 cm³/mol. The van der Waals surface area contributed by atoms with Crippen molar-refractivity contribution < 1.29 is 8.42 Å². The SMILES string of the molecule is CC(C)(Cc1ccccc1)NS(=O)(=O)c1ccccc1Br. The van der Waals surface area contributed by atoms with E-state index in [1.165, 1.54) is 0 Å². The van der Waals surface area contributed by atoms with Gasteiger partial charge in [-0.05, 0) is 53.9 Å². The Labute approximate surface area is 134 Å². The molecule has 0 saturated carbocycles. The second kappa shape index (κ2) is 6.30. The Balaban J connectivity index is 2.21. The first kappa shape index (κ1) is 16.2. The van der Waals surface area contributed by atoms with E-state index in [1.807, 2.05) is 44.2 Å². The highest BCUT2D eigenvalue weighted by atomic mass is 79.9. The van der Waals surface area contributed by atoms with Gasteiger partial charge in [0.1, 0.15) is 0 Å². The fourth-order valence-electron chi connectivity index (χ4n) is 2.22. The average Bonchev–Trinajstić information content (AvgIpc) is 2.38. The van der Waals surface area contributed by atoms with Crippen molar-refractivity contribution in [3.63, 3.8) is 0 Å². The second-order valence-corrected chi connectivity index (χ2v) is 8.09. The molecule has 0 spiro atoms. The van der Waals surface area contributed by atoms with E-state index in [4.69, 9.17) is 0 Å². The molecular formula is C16H18BrNO2S. The van der Waals surface area contributed by atoms with Crippen molar-refractivity contribution in [1.29, 1.82) is 0 Å². The third-order valence-corrected chi connectivity index (χ3v) is 5.74. The highest BCUT2D eigenvalue weighted by Crippen LogP contribution is 2.23. The molecule has 21 heavy (non-hydrogen) atoms. The van der Waals surface area contributed by atoms with Crippen molar-refractivity contribution in [2.75, 3.05) is 0 Å². The van der Waals surface area contributed by atoms with Crippen LogP contribution < -0.4 is 4.72 Å². The molecule has 0 atom stereocenters. The standard InChI is InChI=1S/C16H18BrNO2S/c1-16(2,12-13-8-4-3-5-9-13)18-21(19,20)15-11-7-6-10-14(15)17/h3-11,18H,12H2,1-2H3. The molecule has 2 aromatic rings. The summed E-state index contributed by atoms with van der Waals surface area (Å²) in [5.74, 6) is 0. The molecule has 0 radical (unpaired) electrons. The molecule has 0 aliphatic heterocycles. The Morgan fingerprint density at radius 1 is 1.00 bits per heavy atom. The van der Waals surface area contributed by atoms with Crippen LogP contribution in [0.4, 0.5) is 0 Å². The van der Waals surface area contributed by atoms with E-state index in [-0.39, 0.29) is 4.90 Å². The van der Waals surface area contributed by atoms with Crippen LogP contribution in [0.15, 0.2) is 64.0 Å². The molecule has 112 valence electrons. The van der Waals surface area contributed by atoms with Crippen LogP contribution in [-0.2, 0) is 16.4 Å². The molecule has 0 aromatic heterocycles. The van der Waals surface area contributed by atoms with Crippen LogP contribution in [0.25, 0.3) is 0 Å². The largest absolute Gasteiger partial charge is 0.242 e. The number of sulfonamides is 1. The molecule has 0 amide bonds. The van der Waals surface area contributed by atoms with Crippen LogP contribution >= 0.6 is 15.9 Å². The number of nitrogens with one attached hydrogen (secondary N) is 1. The van der Waals surface area contributed by atoms with Crippen molar-refractivity contribution in [3.8, 4) is 0 Å². The van der Waals surface area contributed by atoms with Gasteiger partial charge in [0.25, 0.3) is 0 Å². The van der Waals surface area contributed by atoms with Gasteiger partial charge in [0, 0.05) is 10.0 Å². The number of hydrogen-bond acceptors (Lipinski definition) is 2. The summed E-state index contributed by atoms with van der Waals surface area (Å²) in [7, 11) is -3.57. The molecule has 0 aliphatic rings. The van der Waals surface area contributed by atoms with Gasteiger partial charge in [0.2, 0.25) is 10.0 Å². The lowest BCUT2D eigenvalue weighted by molar-refractivity contribution is 0.450. The molecule has 0 heterocycles. The fourth-order valence-corrected chi connectivity index (χ4v) is 4.64. The Hall–Kier alpha value is -1.17. The van der Waals surface area contributed by atoms with E-state index in [9.17, 15) is 8.42 Å². The van der Waals surface area contributed by atoms with Crippen LogP contribution in [0.3, 0.4) is 0 Å². The number of rotatable bonds is 5. The first-order chi connectivity index (χ1) is 9.80. The van der Waals surface area contributed by atoms with E-state index >= 15 is 0 Å². The first-order valence-corrected chi connectivity index (χ1v) is 8.90. The fraction of sp³-hybridized carbons (Fsp3) is 0.250. The molecule has 0 fully saturated rings. The van der Waals surface area contributed by atoms with Gasteiger partial charge >= 0.3 is 0 Å². The highest BCUT2D eigenvalue weighted by molar-refractivity contribution is 9.10. The monoisotopic (exact) mass is 367 g/mol. The molecule has 0 aliphatic carbocycles. The normalized spacial score (nSPS) is 12.3. The molecule has 5 heteroatoms. The molecule has 1 N–H and O–H groups in total. The van der Waals surface area contributed by atoms with Gasteiger partial charge in [-0.3, -0.25) is 0 Å². The lowest BCUT2D eigenvalue weighted by atomic mass is 9.96. The van der Waals surface area contributed by atoms with Crippen molar-refractivity contribution >= 4 is 26.0 Å². The van der Waals surface area contributed by atoms with E-state index in [0.717, 1.165) is 5.56 Å². The predicted octanol–water partition coefficient (Wildman–Crippen LogP) is 3.75. The van der Waals surface area contributed by atoms with Gasteiger partial charge in [-0.1, -0.05) is 42.5 Å². The minimum absolute atomic E-state index is 0.256. The lowest BCUT2D eigenvalue weighted by Gasteiger charge is -2.26. The van der Waals surface area contributed by atoms with Crippen LogP contribution in [-0.4, -0.2) is 14.0 Å². The van der Waals surface area contributed by atoms with Crippen molar-refractivity contribution in [2.45, 2.75) is 30.7 Å². The summed E-state index contributed by atoms with van der Waals surface area (Å²) in [5, 5.41) is 0. The summed E-state index contributed by atoms with van der Waals surface area (Å²) in [6.45, 7) is 3.77. The van der Waals surface area contributed by atoms with Crippen LogP contribution in [0.2, 0.25) is 0 Å². The van der Waals surface area contributed by atoms with Crippen LogP contribution in [0.5, 0.6) is 0 Å². The summed E-state index contributed by atoms with van der Waals surface area (Å²) in [4.78, 5) is 0.256. The van der Waals surface area contributed by atoms with E-state index in [0.29, 0.717) is 10.9 Å². The summed E-state index contributed by atoms with van der Waals surface area (Å²) in [6, 6.07) is 16.7. The smallest absolute Gasteiger partial charge is 0.207 e. The zero-order chi connectivity index (χ0) is 15.5. The number of benzene rings is 2. The quantitative estimate of drug-likeness (QED) is 0.874. The topological polar surface area (TPSA) is 46.2 Å². The number of hydrogen-bond donors (Lipinski definition) is 1. The Bertz CT molecular complexity index is 712. The second-order valence-electron chi connectivity index (χ2n) is 5.58. The Morgan fingerprint density at radius 2 is 1.57 bits per heavy atom. The maximum absolute atomic E-state index is 12.5. The summed E-state index contributed by atoms with van der Waals surface area (Å²) < 4.78 is 28.4. The molecular weight excluding hydrogens is 350 g/mol. The maximum atomic E-state index is 12.5. The van der Waals surface area contributed by atoms with E-state index in [2.05, 4.69) is 20.7 Å². The first-order valence-electron chi connectivity index (χ1n) is 6.63. The van der Waals surface area contributed by atoms with Crippen molar-refractivity contribution in [2.24, 2.45) is 0 Å². The van der Waals surface area contributed by atoms with Gasteiger partial charge < -0.3 is 0 Å². The zero-order valence-corrected chi connectivity index (χ0v) is 14.4. The average molecular weight is 368 g/mol. The lowest BCUT2D eigenvalue weighted by Crippen LogP contribution is -2.45. The van der Waals surface area contributed by atoms with E-state index < -0.39 is 15.6 Å². The Kier molecular flexibility index (Phi) is 4.86. The molecule has 0 bridgehead atoms. The van der Waals surface area contributed by atoms with Gasteiger partial charge in [0.05, 0.1) is 4.90 Å². The molecule has 2 aromatic carbocycles. The molecule has 2 rings (SSSR count). The van der Waals surface area contributed by atoms with E-state index in [1.54, 1.807) is 24.3 Å². The Morgan fingerprint density at radius 3 is 2.19 bits per heavy atom. The zero-order valence-electron chi connectivity index (χ0n) is 12.0. The third-order valence-electron chi connectivity index (χ3n) is 3.03. The van der Waals surface area contributed by atoms with Gasteiger partial charge in [0.15, 0.2) is 0 Å². The molecule has 3 nitrogen and oxygen atoms in total. The molecule has 0 unspecified atom stereocenters. The van der Waals surface area contributed by atoms with Crippen molar-refractivity contribution in [3.05, 3.63) is 64.6 Å². The van der Waals surface area contributed by atoms with Gasteiger partial charge in [-0.25, -0.2) is 13.1 Å². The summed E-state index contributed by atoms with van der Waals surface area (Å²) in [5.41, 5.74) is 0.521. The summed E-state index contributed by atoms with van der Waals surface area (Å²) >= 11 is 3.29. The summed E-state index contributed by atoms with van der Waals surface area (Å²) in [6.07, 6.45) is 0.623. The van der Waals surface area contributed by atoms with Crippen molar-refractivity contribution in [1.82, 2.24) is 4.72 Å². The third kappa shape index (κ3) is 4.40. The minimum atomic E-state index is -3.57. The highest BCUT2D eigenvalue weighted by Gasteiger charge is 2.27. The minimum Gasteiger partial charge on any atom is -0.207 e. The van der Waals surface area contributed by atoms with Gasteiger partial charge in [-0.15, -0.1) is 0 Å². The van der Waals surface area contributed by atoms with Crippen LogP contribution in [0, 0.1) is 0 Å². The van der Waals surface area contributed by atoms with Crippen LogP contribution in [0.1, 0.15) is 19.4 Å². The maximum Gasteiger partial charge on any atom is 0.242 e. The number of halogens is 1. The molecule has 0 saturated heterocycles.